The highest BCUT2D eigenvalue weighted by molar-refractivity contribution is 7.91. The predicted octanol–water partition coefficient (Wildman–Crippen LogP) is 0.941. The molecule has 0 aliphatic rings. The van der Waals surface area contributed by atoms with Crippen LogP contribution in [0.15, 0.2) is 24.3 Å². The summed E-state index contributed by atoms with van der Waals surface area (Å²) in [6.07, 6.45) is -0.133. The first kappa shape index (κ1) is 18.7. The van der Waals surface area contributed by atoms with E-state index in [9.17, 15) is 13.2 Å². The van der Waals surface area contributed by atoms with Crippen LogP contribution in [0.5, 0.6) is 5.75 Å². The maximum absolute atomic E-state index is 11.7. The lowest BCUT2D eigenvalue weighted by Gasteiger charge is -2.16. The number of nitrogens with two attached hydrogens (primary N) is 1. The molecule has 1 aromatic rings. The van der Waals surface area contributed by atoms with Crippen molar-refractivity contribution in [3.05, 3.63) is 29.3 Å². The summed E-state index contributed by atoms with van der Waals surface area (Å²) in [4.78, 5) is 12.5. The second-order valence-corrected chi connectivity index (χ2v) is 7.71. The molecule has 0 fully saturated rings. The molecule has 0 unspecified atom stereocenters. The minimum Gasteiger partial charge on any atom is -0.492 e. The number of hydrogen-bond donors (Lipinski definition) is 1. The normalized spacial score (nSPS) is 11.6. The van der Waals surface area contributed by atoms with Gasteiger partial charge in [0.25, 0.3) is 0 Å². The van der Waals surface area contributed by atoms with Crippen molar-refractivity contribution in [1.29, 1.82) is 0 Å². The first-order chi connectivity index (χ1) is 10.3. The van der Waals surface area contributed by atoms with Crippen LogP contribution >= 0.6 is 11.6 Å². The third kappa shape index (κ3) is 8.21. The number of rotatable bonds is 10. The lowest BCUT2D eigenvalue weighted by molar-refractivity contribution is -0.117. The summed E-state index contributed by atoms with van der Waals surface area (Å²) in [6, 6.07) is 7.03. The Balaban J connectivity index is 2.24. The summed E-state index contributed by atoms with van der Waals surface area (Å²) in [6.45, 7) is 1.42. The van der Waals surface area contributed by atoms with Gasteiger partial charge in [0.1, 0.15) is 12.4 Å². The molecule has 22 heavy (non-hydrogen) atoms. The zero-order valence-corrected chi connectivity index (χ0v) is 14.1. The van der Waals surface area contributed by atoms with E-state index in [-0.39, 0.29) is 17.9 Å². The summed E-state index contributed by atoms with van der Waals surface area (Å²) in [5.41, 5.74) is 4.95. The number of amides is 1. The minimum absolute atomic E-state index is 0.00226. The quantitative estimate of drug-likeness (QED) is 0.679. The van der Waals surface area contributed by atoms with E-state index in [1.807, 2.05) is 11.9 Å². The Bertz CT molecular complexity index is 575. The van der Waals surface area contributed by atoms with Crippen LogP contribution < -0.4 is 10.5 Å². The molecule has 0 aliphatic heterocycles. The molecule has 8 heteroatoms. The molecule has 0 aliphatic carbocycles. The maximum atomic E-state index is 11.7. The van der Waals surface area contributed by atoms with E-state index in [1.165, 1.54) is 0 Å². The fraction of sp³-hybridized carbons (Fsp3) is 0.500. The number of likely N-dealkylation sites (N-methyl/N-ethyl adjacent to an activating group) is 1. The monoisotopic (exact) mass is 348 g/mol. The van der Waals surface area contributed by atoms with E-state index in [0.29, 0.717) is 30.5 Å². The highest BCUT2D eigenvalue weighted by atomic mass is 35.5. The third-order valence-corrected chi connectivity index (χ3v) is 4.88. The topological polar surface area (TPSA) is 89.7 Å². The van der Waals surface area contributed by atoms with Crippen molar-refractivity contribution >= 4 is 27.3 Å². The number of primary amides is 1. The van der Waals surface area contributed by atoms with Crippen molar-refractivity contribution in [2.75, 3.05) is 38.2 Å². The van der Waals surface area contributed by atoms with Crippen LogP contribution in [0.3, 0.4) is 0 Å². The molecule has 0 saturated carbocycles. The molecule has 0 aromatic heterocycles. The highest BCUT2D eigenvalue weighted by Gasteiger charge is 2.13. The van der Waals surface area contributed by atoms with Gasteiger partial charge in [-0.3, -0.25) is 4.79 Å². The fourth-order valence-electron chi connectivity index (χ4n) is 1.62. The van der Waals surface area contributed by atoms with Crippen molar-refractivity contribution in [2.45, 2.75) is 6.42 Å². The molecule has 0 spiro atoms. The van der Waals surface area contributed by atoms with Gasteiger partial charge in [0.15, 0.2) is 9.84 Å². The maximum Gasteiger partial charge on any atom is 0.218 e. The van der Waals surface area contributed by atoms with Crippen molar-refractivity contribution in [1.82, 2.24) is 4.90 Å². The Morgan fingerprint density at radius 2 is 1.86 bits per heavy atom. The first-order valence-corrected chi connectivity index (χ1v) is 9.04. The van der Waals surface area contributed by atoms with Gasteiger partial charge in [0, 0.05) is 24.5 Å². The number of ether oxygens (including phenoxy) is 1. The highest BCUT2D eigenvalue weighted by Crippen LogP contribution is 2.15. The van der Waals surface area contributed by atoms with E-state index < -0.39 is 15.7 Å². The van der Waals surface area contributed by atoms with Gasteiger partial charge < -0.3 is 15.4 Å². The lowest BCUT2D eigenvalue weighted by Crippen LogP contribution is -2.30. The third-order valence-electron chi connectivity index (χ3n) is 3.00. The molecule has 0 heterocycles. The smallest absolute Gasteiger partial charge is 0.218 e. The van der Waals surface area contributed by atoms with Gasteiger partial charge in [-0.15, -0.1) is 0 Å². The Kier molecular flexibility index (Phi) is 7.64. The Hall–Kier alpha value is -1.31. The van der Waals surface area contributed by atoms with Crippen LogP contribution in [0.4, 0.5) is 0 Å². The summed E-state index contributed by atoms with van der Waals surface area (Å²) in [5.74, 6) is -0.0880. The van der Waals surface area contributed by atoms with E-state index in [2.05, 4.69) is 0 Å². The summed E-state index contributed by atoms with van der Waals surface area (Å²) >= 11 is 5.78. The van der Waals surface area contributed by atoms with Gasteiger partial charge in [-0.1, -0.05) is 11.6 Å². The first-order valence-electron chi connectivity index (χ1n) is 6.84. The van der Waals surface area contributed by atoms with Crippen LogP contribution in [0, 0.1) is 0 Å². The van der Waals surface area contributed by atoms with Crippen molar-refractivity contribution in [2.24, 2.45) is 5.73 Å². The van der Waals surface area contributed by atoms with E-state index in [0.717, 1.165) is 0 Å². The number of hydrogen-bond acceptors (Lipinski definition) is 5. The lowest BCUT2D eigenvalue weighted by atomic mass is 10.3. The zero-order valence-electron chi connectivity index (χ0n) is 12.5. The SMILES string of the molecule is CN(CCOc1ccc(Cl)cc1)CCS(=O)(=O)CCC(N)=O. The average molecular weight is 349 g/mol. The number of carbonyl (C=O) groups excluding carboxylic acids is 1. The van der Waals surface area contributed by atoms with Gasteiger partial charge in [0.05, 0.1) is 11.5 Å². The average Bonchev–Trinajstić information content (AvgIpc) is 2.45. The molecule has 0 radical (unpaired) electrons. The number of carbonyl (C=O) groups is 1. The van der Waals surface area contributed by atoms with Gasteiger partial charge in [-0.05, 0) is 31.3 Å². The fourth-order valence-corrected chi connectivity index (χ4v) is 3.05. The molecule has 0 saturated heterocycles. The number of nitrogens with zero attached hydrogens (tertiary/aromatic N) is 1. The number of benzene rings is 1. The zero-order chi connectivity index (χ0) is 16.6. The second kappa shape index (κ2) is 8.97. The van der Waals surface area contributed by atoms with Crippen molar-refractivity contribution in [3.63, 3.8) is 0 Å². The Morgan fingerprint density at radius 1 is 1.23 bits per heavy atom. The molecule has 1 rings (SSSR count). The second-order valence-electron chi connectivity index (χ2n) is 4.97. The molecule has 1 amide bonds. The summed E-state index contributed by atoms with van der Waals surface area (Å²) < 4.78 is 28.9. The number of halogens is 1. The molecule has 0 bridgehead atoms. The molecular formula is C14H21ClN2O4S. The van der Waals surface area contributed by atoms with Crippen LogP contribution in [-0.4, -0.2) is 57.5 Å². The summed E-state index contributed by atoms with van der Waals surface area (Å²) in [5, 5.41) is 0.644. The van der Waals surface area contributed by atoms with Crippen LogP contribution in [0.2, 0.25) is 5.02 Å². The van der Waals surface area contributed by atoms with Gasteiger partial charge in [-0.2, -0.15) is 0 Å². The largest absolute Gasteiger partial charge is 0.492 e. The van der Waals surface area contributed by atoms with Crippen molar-refractivity contribution in [3.8, 4) is 5.75 Å². The Labute approximate surface area is 136 Å². The van der Waals surface area contributed by atoms with E-state index in [1.54, 1.807) is 24.3 Å². The van der Waals surface area contributed by atoms with Crippen LogP contribution in [0.25, 0.3) is 0 Å². The molecule has 2 N–H and O–H groups in total. The van der Waals surface area contributed by atoms with Crippen LogP contribution in [-0.2, 0) is 14.6 Å². The minimum atomic E-state index is -3.25. The molecular weight excluding hydrogens is 328 g/mol. The van der Waals surface area contributed by atoms with E-state index >= 15 is 0 Å². The van der Waals surface area contributed by atoms with Crippen molar-refractivity contribution < 1.29 is 17.9 Å². The van der Waals surface area contributed by atoms with Crippen LogP contribution in [0.1, 0.15) is 6.42 Å². The van der Waals surface area contributed by atoms with Gasteiger partial charge >= 0.3 is 0 Å². The molecule has 6 nitrogen and oxygen atoms in total. The Morgan fingerprint density at radius 3 is 2.45 bits per heavy atom. The summed E-state index contributed by atoms with van der Waals surface area (Å²) in [7, 11) is -1.44. The van der Waals surface area contributed by atoms with Gasteiger partial charge in [0.2, 0.25) is 5.91 Å². The molecule has 124 valence electrons. The van der Waals surface area contributed by atoms with E-state index in [4.69, 9.17) is 22.1 Å². The number of sulfone groups is 1. The van der Waals surface area contributed by atoms with Gasteiger partial charge in [-0.25, -0.2) is 8.42 Å². The predicted molar refractivity (Wildman–Crippen MR) is 86.9 cm³/mol. The molecule has 0 atom stereocenters. The standard InChI is InChI=1S/C14H21ClN2O4S/c1-17(8-11-22(19,20)10-6-14(16)18)7-9-21-13-4-2-12(15)3-5-13/h2-5H,6-11H2,1H3,(H2,16,18). The molecule has 1 aromatic carbocycles.